The van der Waals surface area contributed by atoms with Crippen LogP contribution in [0.15, 0.2) is 72.8 Å². The lowest BCUT2D eigenvalue weighted by Gasteiger charge is -2.44. The van der Waals surface area contributed by atoms with Gasteiger partial charge in [0.1, 0.15) is 47.9 Å². The summed E-state index contributed by atoms with van der Waals surface area (Å²) in [6, 6.07) is 17.6. The number of benzene rings is 3. The summed E-state index contributed by atoms with van der Waals surface area (Å²) >= 11 is 0. The summed E-state index contributed by atoms with van der Waals surface area (Å²) in [6.45, 7) is 4.14. The predicted molar refractivity (Wildman–Crippen MR) is 230 cm³/mol. The number of nitrogens with one attached hydrogen (secondary N) is 5. The SMILES string of the molecule is CC(=O)N[C@H]1[C@@H](OCc2ccccc2)O[C@H](CO)[C@@H](O)[C@@H]1OC(C)C(=O)NC(C)C(=O)NC(CCC(=O)NCCCCNc1c2ccccc2nc2cccc([N+](=O)[O-])c12)C(N)=O. The van der Waals surface area contributed by atoms with Gasteiger partial charge >= 0.3 is 0 Å². The van der Waals surface area contributed by atoms with Crippen molar-refractivity contribution < 1.29 is 53.3 Å². The number of hydrogen-bond acceptors (Lipinski definition) is 14. The molecule has 0 aliphatic carbocycles. The molecule has 1 fully saturated rings. The first kappa shape index (κ1) is 47.7. The highest BCUT2D eigenvalue weighted by Gasteiger charge is 2.48. The number of primary amides is 1. The van der Waals surface area contributed by atoms with Gasteiger partial charge in [-0.25, -0.2) is 4.98 Å². The fourth-order valence-electron chi connectivity index (χ4n) is 7.10. The van der Waals surface area contributed by atoms with Gasteiger partial charge in [0, 0.05) is 37.9 Å². The van der Waals surface area contributed by atoms with Gasteiger partial charge < -0.3 is 56.7 Å². The van der Waals surface area contributed by atoms with Crippen LogP contribution in [0.5, 0.6) is 0 Å². The molecule has 20 nitrogen and oxygen atoms in total. The summed E-state index contributed by atoms with van der Waals surface area (Å²) in [4.78, 5) is 79.5. The number of nitrogens with zero attached hydrogens (tertiary/aromatic N) is 2. The van der Waals surface area contributed by atoms with Crippen molar-refractivity contribution in [3.05, 3.63) is 88.5 Å². The van der Waals surface area contributed by atoms with E-state index in [1.54, 1.807) is 12.1 Å². The topological polar surface area (TPSA) is 296 Å². The number of nitro groups is 1. The normalized spacial score (nSPS) is 19.9. The smallest absolute Gasteiger partial charge is 0.280 e. The number of fused-ring (bicyclic) bond motifs is 2. The average molecular weight is 875 g/mol. The summed E-state index contributed by atoms with van der Waals surface area (Å²) in [5.74, 6) is -3.34. The number of non-ortho nitro benzene ring substituents is 1. The van der Waals surface area contributed by atoms with Crippen LogP contribution in [-0.2, 0) is 44.8 Å². The van der Waals surface area contributed by atoms with E-state index < -0.39 is 84.0 Å². The van der Waals surface area contributed by atoms with Gasteiger partial charge in [-0.1, -0.05) is 54.6 Å². The molecule has 0 radical (unpaired) electrons. The molecule has 5 rings (SSSR count). The lowest BCUT2D eigenvalue weighted by molar-refractivity contribution is -0.383. The van der Waals surface area contributed by atoms with Crippen molar-refractivity contribution in [2.24, 2.45) is 5.73 Å². The molecule has 338 valence electrons. The number of aliphatic hydroxyl groups is 2. The van der Waals surface area contributed by atoms with E-state index in [1.807, 2.05) is 54.6 Å². The van der Waals surface area contributed by atoms with Gasteiger partial charge in [0.05, 0.1) is 34.9 Å². The lowest BCUT2D eigenvalue weighted by Crippen LogP contribution is -2.66. The number of hydrogen-bond donors (Lipinski definition) is 8. The second-order valence-electron chi connectivity index (χ2n) is 15.1. The zero-order chi connectivity index (χ0) is 45.6. The zero-order valence-corrected chi connectivity index (χ0v) is 35.2. The van der Waals surface area contributed by atoms with Crippen molar-refractivity contribution in [2.45, 2.75) is 102 Å². The van der Waals surface area contributed by atoms with Crippen LogP contribution in [0, 0.1) is 10.1 Å². The van der Waals surface area contributed by atoms with Crippen LogP contribution < -0.4 is 32.3 Å². The van der Waals surface area contributed by atoms with Gasteiger partial charge in [-0.15, -0.1) is 0 Å². The standard InChI is InChI=1S/C43H54N8O12/c1-24(47-42(58)25(2)62-39-37(48-26(3)53)43(63-33(22-52)38(39)55)61-23-27-12-5-4-6-13-27)41(57)50-31(40(44)56)18-19-34(54)45-20-9-10-21-46-36-28-14-7-8-15-29(28)49-30-16-11-17-32(35(30)36)51(59)60/h4-8,11-17,24-25,31,33,37-39,43,52,55H,9-10,18-23H2,1-3H3,(H2,44,56)(H,45,54)(H,46,49)(H,47,58)(H,48,53)(H,50,57)/t24?,25?,31?,33-,37-,38-,39-,43+/m1/s1. The summed E-state index contributed by atoms with van der Waals surface area (Å²) < 4.78 is 17.6. The molecule has 8 atom stereocenters. The van der Waals surface area contributed by atoms with Crippen molar-refractivity contribution in [1.29, 1.82) is 0 Å². The number of anilines is 1. The fourth-order valence-corrected chi connectivity index (χ4v) is 7.10. The van der Waals surface area contributed by atoms with Crippen molar-refractivity contribution in [2.75, 3.05) is 25.0 Å². The lowest BCUT2D eigenvalue weighted by atomic mass is 9.96. The van der Waals surface area contributed by atoms with Gasteiger partial charge in [0.15, 0.2) is 6.29 Å². The first-order chi connectivity index (χ1) is 30.2. The number of nitrogens with two attached hydrogens (primary N) is 1. The van der Waals surface area contributed by atoms with Gasteiger partial charge in [-0.05, 0) is 50.8 Å². The Bertz CT molecular complexity index is 2250. The molecule has 3 unspecified atom stereocenters. The molecule has 1 aromatic heterocycles. The molecule has 1 aliphatic rings. The Morgan fingerprint density at radius 3 is 2.33 bits per heavy atom. The van der Waals surface area contributed by atoms with E-state index in [2.05, 4.69) is 31.6 Å². The van der Waals surface area contributed by atoms with Crippen molar-refractivity contribution in [3.8, 4) is 0 Å². The molecule has 0 spiro atoms. The number of carbonyl (C=O) groups is 5. The highest BCUT2D eigenvalue weighted by molar-refractivity contribution is 6.11. The van der Waals surface area contributed by atoms with E-state index >= 15 is 0 Å². The van der Waals surface area contributed by atoms with Crippen molar-refractivity contribution >= 4 is 62.7 Å². The molecule has 0 bridgehead atoms. The minimum atomic E-state index is -1.50. The Kier molecular flexibility index (Phi) is 17.2. The van der Waals surface area contributed by atoms with Gasteiger partial charge in [0.25, 0.3) is 5.69 Å². The summed E-state index contributed by atoms with van der Waals surface area (Å²) in [6.07, 6.45) is -5.60. The molecule has 0 saturated carbocycles. The zero-order valence-electron chi connectivity index (χ0n) is 35.2. The van der Waals surface area contributed by atoms with E-state index in [1.165, 1.54) is 26.8 Å². The molecule has 1 aliphatic heterocycles. The van der Waals surface area contributed by atoms with Crippen LogP contribution in [0.25, 0.3) is 21.8 Å². The molecule has 9 N–H and O–H groups in total. The predicted octanol–water partition coefficient (Wildman–Crippen LogP) is 1.43. The van der Waals surface area contributed by atoms with Crippen molar-refractivity contribution in [1.82, 2.24) is 26.3 Å². The van der Waals surface area contributed by atoms with Crippen LogP contribution in [0.2, 0.25) is 0 Å². The van der Waals surface area contributed by atoms with E-state index in [9.17, 15) is 44.3 Å². The number of para-hydroxylation sites is 1. The number of amides is 5. The Morgan fingerprint density at radius 2 is 1.63 bits per heavy atom. The largest absolute Gasteiger partial charge is 0.394 e. The van der Waals surface area contributed by atoms with Crippen LogP contribution in [0.1, 0.15) is 52.0 Å². The Balaban J connectivity index is 1.07. The molecule has 4 aromatic rings. The van der Waals surface area contributed by atoms with Crippen LogP contribution in [0.3, 0.4) is 0 Å². The average Bonchev–Trinajstić information content (AvgIpc) is 3.26. The van der Waals surface area contributed by atoms with Crippen LogP contribution in [0.4, 0.5) is 11.4 Å². The third kappa shape index (κ3) is 12.9. The molecule has 3 aromatic carbocycles. The number of nitro benzene ring substituents is 1. The fraction of sp³-hybridized carbons (Fsp3) is 0.442. The van der Waals surface area contributed by atoms with Crippen molar-refractivity contribution in [3.63, 3.8) is 0 Å². The monoisotopic (exact) mass is 874 g/mol. The van der Waals surface area contributed by atoms with E-state index in [0.29, 0.717) is 48.0 Å². The van der Waals surface area contributed by atoms with E-state index in [-0.39, 0.29) is 31.0 Å². The van der Waals surface area contributed by atoms with Crippen LogP contribution >= 0.6 is 0 Å². The van der Waals surface area contributed by atoms with E-state index in [4.69, 9.17) is 19.9 Å². The number of ether oxygens (including phenoxy) is 3. The molecule has 20 heteroatoms. The third-order valence-electron chi connectivity index (χ3n) is 10.4. The number of aliphatic hydroxyl groups excluding tert-OH is 2. The highest BCUT2D eigenvalue weighted by atomic mass is 16.7. The Morgan fingerprint density at radius 1 is 0.937 bits per heavy atom. The van der Waals surface area contributed by atoms with Gasteiger partial charge in [0.2, 0.25) is 29.5 Å². The second kappa shape index (κ2) is 22.7. The molecule has 5 amide bonds. The Labute approximate surface area is 362 Å². The maximum atomic E-state index is 13.3. The first-order valence-corrected chi connectivity index (χ1v) is 20.6. The van der Waals surface area contributed by atoms with Gasteiger partial charge in [-0.2, -0.15) is 0 Å². The summed E-state index contributed by atoms with van der Waals surface area (Å²) in [5, 5.41) is 47.7. The highest BCUT2D eigenvalue weighted by Crippen LogP contribution is 2.36. The molecular formula is C43H54N8O12. The maximum absolute atomic E-state index is 13.3. The number of aromatic nitrogens is 1. The molecule has 1 saturated heterocycles. The number of rotatable bonds is 22. The first-order valence-electron chi connectivity index (χ1n) is 20.6. The van der Waals surface area contributed by atoms with Gasteiger partial charge in [-0.3, -0.25) is 34.1 Å². The van der Waals surface area contributed by atoms with Crippen LogP contribution in [-0.4, -0.2) is 118 Å². The summed E-state index contributed by atoms with van der Waals surface area (Å²) in [5.41, 5.74) is 8.05. The Hall–Kier alpha value is -6.32. The minimum Gasteiger partial charge on any atom is -0.394 e. The molecule has 2 heterocycles. The molecule has 63 heavy (non-hydrogen) atoms. The van der Waals surface area contributed by atoms with E-state index in [0.717, 1.165) is 10.9 Å². The maximum Gasteiger partial charge on any atom is 0.280 e. The summed E-state index contributed by atoms with van der Waals surface area (Å²) in [7, 11) is 0. The number of unbranched alkanes of at least 4 members (excludes halogenated alkanes) is 1. The third-order valence-corrected chi connectivity index (χ3v) is 10.4. The second-order valence-corrected chi connectivity index (χ2v) is 15.1. The quantitative estimate of drug-likeness (QED) is 0.0240. The molecular weight excluding hydrogens is 821 g/mol. The number of carbonyl (C=O) groups excluding carboxylic acids is 5. The minimum absolute atomic E-state index is 0.0586. The number of pyridine rings is 1.